The number of hydrogen-bond acceptors (Lipinski definition) is 2. The molecule has 3 aromatic rings. The van der Waals surface area contributed by atoms with E-state index in [-0.39, 0.29) is 5.02 Å². The zero-order valence-corrected chi connectivity index (χ0v) is 14.9. The van der Waals surface area contributed by atoms with E-state index in [4.69, 9.17) is 16.0 Å². The fourth-order valence-corrected chi connectivity index (χ4v) is 2.86. The van der Waals surface area contributed by atoms with Gasteiger partial charge in [-0.1, -0.05) is 41.9 Å². The molecule has 0 aliphatic heterocycles. The number of nitrogens with one attached hydrogen (secondary N) is 1. The van der Waals surface area contributed by atoms with E-state index in [1.54, 1.807) is 12.1 Å². The van der Waals surface area contributed by atoms with E-state index >= 15 is 0 Å². The normalized spacial score (nSPS) is 12.3. The van der Waals surface area contributed by atoms with E-state index < -0.39 is 5.82 Å². The average molecular weight is 358 g/mol. The minimum Gasteiger partial charge on any atom is -0.460 e. The molecule has 1 aromatic heterocycles. The summed E-state index contributed by atoms with van der Waals surface area (Å²) in [5.74, 6) is 1.11. The largest absolute Gasteiger partial charge is 0.460 e. The highest BCUT2D eigenvalue weighted by Gasteiger charge is 2.09. The van der Waals surface area contributed by atoms with Crippen molar-refractivity contribution in [1.82, 2.24) is 5.32 Å². The quantitative estimate of drug-likeness (QED) is 0.573. The van der Waals surface area contributed by atoms with Crippen molar-refractivity contribution < 1.29 is 8.81 Å². The second-order valence-corrected chi connectivity index (χ2v) is 6.61. The molecule has 3 rings (SSSR count). The van der Waals surface area contributed by atoms with Gasteiger partial charge in [0.2, 0.25) is 0 Å². The first kappa shape index (κ1) is 17.7. The molecule has 0 saturated carbocycles. The summed E-state index contributed by atoms with van der Waals surface area (Å²) in [6, 6.07) is 19.3. The molecule has 1 heterocycles. The Labute approximate surface area is 152 Å². The van der Waals surface area contributed by atoms with Gasteiger partial charge in [0.05, 0.1) is 11.6 Å². The SMILES string of the molecule is C[C@H](CCc1ccccc1)NCc1ccc(-c2ccc(F)c(Cl)c2)o1. The van der Waals surface area contributed by atoms with E-state index in [0.717, 1.165) is 24.2 Å². The fraction of sp³-hybridized carbons (Fsp3) is 0.238. The van der Waals surface area contributed by atoms with Gasteiger partial charge in [0.1, 0.15) is 17.3 Å². The van der Waals surface area contributed by atoms with Crippen LogP contribution in [0.15, 0.2) is 65.1 Å². The van der Waals surface area contributed by atoms with Gasteiger partial charge in [0.15, 0.2) is 0 Å². The molecule has 4 heteroatoms. The maximum Gasteiger partial charge on any atom is 0.141 e. The van der Waals surface area contributed by atoms with Gasteiger partial charge in [-0.2, -0.15) is 0 Å². The molecule has 0 amide bonds. The van der Waals surface area contributed by atoms with Crippen molar-refractivity contribution in [3.8, 4) is 11.3 Å². The molecule has 0 unspecified atom stereocenters. The molecule has 130 valence electrons. The van der Waals surface area contributed by atoms with Gasteiger partial charge in [-0.3, -0.25) is 0 Å². The zero-order chi connectivity index (χ0) is 17.6. The Kier molecular flexibility index (Phi) is 5.90. The van der Waals surface area contributed by atoms with Gasteiger partial charge in [-0.05, 0) is 55.7 Å². The lowest BCUT2D eigenvalue weighted by Crippen LogP contribution is -2.25. The molecule has 0 aliphatic rings. The van der Waals surface area contributed by atoms with E-state index in [0.29, 0.717) is 18.3 Å². The van der Waals surface area contributed by atoms with Crippen LogP contribution >= 0.6 is 11.6 Å². The molecule has 1 atom stereocenters. The minimum absolute atomic E-state index is 0.100. The van der Waals surface area contributed by atoms with Crippen molar-refractivity contribution in [2.24, 2.45) is 0 Å². The Morgan fingerprint density at radius 3 is 2.64 bits per heavy atom. The summed E-state index contributed by atoms with van der Waals surface area (Å²) in [4.78, 5) is 0. The molecule has 0 spiro atoms. The molecule has 0 saturated heterocycles. The Bertz CT molecular complexity index is 816. The Morgan fingerprint density at radius 1 is 1.08 bits per heavy atom. The number of aryl methyl sites for hydroxylation is 1. The first-order valence-corrected chi connectivity index (χ1v) is 8.81. The van der Waals surface area contributed by atoms with Crippen molar-refractivity contribution >= 4 is 11.6 Å². The highest BCUT2D eigenvalue weighted by atomic mass is 35.5. The monoisotopic (exact) mass is 357 g/mol. The van der Waals surface area contributed by atoms with Crippen LogP contribution in [0.5, 0.6) is 0 Å². The van der Waals surface area contributed by atoms with Crippen molar-refractivity contribution in [3.05, 3.63) is 82.8 Å². The number of rotatable bonds is 7. The second kappa shape index (κ2) is 8.32. The molecular formula is C21H21ClFNO. The van der Waals surface area contributed by atoms with Crippen LogP contribution in [0.25, 0.3) is 11.3 Å². The summed E-state index contributed by atoms with van der Waals surface area (Å²) < 4.78 is 19.1. The first-order chi connectivity index (χ1) is 12.1. The third kappa shape index (κ3) is 4.94. The van der Waals surface area contributed by atoms with Crippen LogP contribution in [0.2, 0.25) is 5.02 Å². The minimum atomic E-state index is -0.425. The lowest BCUT2D eigenvalue weighted by molar-refractivity contribution is 0.449. The van der Waals surface area contributed by atoms with Crippen molar-refractivity contribution in [2.45, 2.75) is 32.4 Å². The van der Waals surface area contributed by atoms with Gasteiger partial charge in [-0.25, -0.2) is 4.39 Å². The van der Waals surface area contributed by atoms with E-state index in [2.05, 4.69) is 36.5 Å². The third-order valence-corrected chi connectivity index (χ3v) is 4.49. The topological polar surface area (TPSA) is 25.2 Å². The van der Waals surface area contributed by atoms with E-state index in [1.165, 1.54) is 11.6 Å². The summed E-state index contributed by atoms with van der Waals surface area (Å²) in [6.45, 7) is 2.83. The first-order valence-electron chi connectivity index (χ1n) is 8.43. The number of furan rings is 1. The van der Waals surface area contributed by atoms with Gasteiger partial charge >= 0.3 is 0 Å². The molecule has 25 heavy (non-hydrogen) atoms. The van der Waals surface area contributed by atoms with Crippen LogP contribution < -0.4 is 5.32 Å². The van der Waals surface area contributed by atoms with Gasteiger partial charge in [0.25, 0.3) is 0 Å². The van der Waals surface area contributed by atoms with Crippen LogP contribution in [-0.4, -0.2) is 6.04 Å². The Hall–Kier alpha value is -2.10. The van der Waals surface area contributed by atoms with Crippen LogP contribution in [0.1, 0.15) is 24.7 Å². The number of halogens is 2. The molecule has 1 N–H and O–H groups in total. The van der Waals surface area contributed by atoms with Crippen LogP contribution in [-0.2, 0) is 13.0 Å². The average Bonchev–Trinajstić information content (AvgIpc) is 3.10. The van der Waals surface area contributed by atoms with Crippen LogP contribution in [0.4, 0.5) is 4.39 Å². The lowest BCUT2D eigenvalue weighted by atomic mass is 10.1. The predicted molar refractivity (Wildman–Crippen MR) is 100 cm³/mol. The summed E-state index contributed by atoms with van der Waals surface area (Å²) in [5.41, 5.74) is 2.12. The van der Waals surface area contributed by atoms with Crippen LogP contribution in [0.3, 0.4) is 0 Å². The smallest absolute Gasteiger partial charge is 0.141 e. The van der Waals surface area contributed by atoms with Crippen LogP contribution in [0, 0.1) is 5.82 Å². The van der Waals surface area contributed by atoms with Crippen molar-refractivity contribution in [1.29, 1.82) is 0 Å². The number of hydrogen-bond donors (Lipinski definition) is 1. The second-order valence-electron chi connectivity index (χ2n) is 6.20. The molecule has 0 bridgehead atoms. The molecule has 0 radical (unpaired) electrons. The van der Waals surface area contributed by atoms with Gasteiger partial charge in [-0.15, -0.1) is 0 Å². The van der Waals surface area contributed by atoms with E-state index in [1.807, 2.05) is 18.2 Å². The highest BCUT2D eigenvalue weighted by Crippen LogP contribution is 2.26. The molecular weight excluding hydrogens is 337 g/mol. The predicted octanol–water partition coefficient (Wildman–Crippen LogP) is 5.85. The third-order valence-electron chi connectivity index (χ3n) is 4.20. The maximum atomic E-state index is 13.3. The van der Waals surface area contributed by atoms with Gasteiger partial charge < -0.3 is 9.73 Å². The maximum absolute atomic E-state index is 13.3. The molecule has 2 aromatic carbocycles. The summed E-state index contributed by atoms with van der Waals surface area (Å²) in [6.07, 6.45) is 2.11. The Morgan fingerprint density at radius 2 is 1.88 bits per heavy atom. The fourth-order valence-electron chi connectivity index (χ4n) is 2.68. The Balaban J connectivity index is 1.52. The van der Waals surface area contributed by atoms with Gasteiger partial charge in [0, 0.05) is 11.6 Å². The standard InChI is InChI=1S/C21H21ClFNO/c1-15(7-8-16-5-3-2-4-6-16)24-14-18-10-12-21(25-18)17-9-11-20(23)19(22)13-17/h2-6,9-13,15,24H,7-8,14H2,1H3/t15-/m1/s1. The van der Waals surface area contributed by atoms with Crippen molar-refractivity contribution in [2.75, 3.05) is 0 Å². The molecule has 0 fully saturated rings. The zero-order valence-electron chi connectivity index (χ0n) is 14.1. The van der Waals surface area contributed by atoms with Crippen molar-refractivity contribution in [3.63, 3.8) is 0 Å². The number of benzene rings is 2. The molecule has 0 aliphatic carbocycles. The van der Waals surface area contributed by atoms with E-state index in [9.17, 15) is 4.39 Å². The lowest BCUT2D eigenvalue weighted by Gasteiger charge is -2.12. The summed E-state index contributed by atoms with van der Waals surface area (Å²) in [5, 5.41) is 3.57. The summed E-state index contributed by atoms with van der Waals surface area (Å²) in [7, 11) is 0. The highest BCUT2D eigenvalue weighted by molar-refractivity contribution is 6.31. The summed E-state index contributed by atoms with van der Waals surface area (Å²) >= 11 is 5.83. The molecule has 2 nitrogen and oxygen atoms in total.